The predicted octanol–water partition coefficient (Wildman–Crippen LogP) is 2.98. The van der Waals surface area contributed by atoms with Crippen molar-refractivity contribution in [1.82, 2.24) is 9.34 Å². The molecule has 2 aliphatic rings. The molecule has 1 atom stereocenters. The number of benzene rings is 1. The molecule has 0 saturated carbocycles. The van der Waals surface area contributed by atoms with Gasteiger partial charge in [0.25, 0.3) is 5.69 Å². The number of nitro groups is 1. The first-order valence-electron chi connectivity index (χ1n) is 7.72. The molecular weight excluding hydrogens is 333 g/mol. The minimum atomic E-state index is -3.02. The van der Waals surface area contributed by atoms with Crippen LogP contribution in [-0.4, -0.2) is 47.6 Å². The molecule has 1 aromatic carbocycles. The molecule has 130 valence electrons. The van der Waals surface area contributed by atoms with E-state index in [0.29, 0.717) is 17.7 Å². The standard InChI is InChI=1S/C15H20N3O5P/c1-3-4-14(23-24(21,16-7-8-16)17-9-10-17)13-6-5-12(18(19)20)11-15(13)22-2/h3,5-6,11,14H,1,4,7-10H2,2H3. The summed E-state index contributed by atoms with van der Waals surface area (Å²) in [4.78, 5) is 10.5. The van der Waals surface area contributed by atoms with Crippen molar-refractivity contribution in [3.63, 3.8) is 0 Å². The number of ether oxygens (including phenoxy) is 1. The molecule has 0 spiro atoms. The molecule has 3 rings (SSSR count). The maximum absolute atomic E-state index is 13.2. The van der Waals surface area contributed by atoms with E-state index in [1.807, 2.05) is 9.34 Å². The molecular formula is C15H20N3O5P. The second kappa shape index (κ2) is 6.64. The average Bonchev–Trinajstić information content (AvgIpc) is 3.44. The molecule has 2 fully saturated rings. The van der Waals surface area contributed by atoms with Gasteiger partial charge in [-0.25, -0.2) is 9.34 Å². The van der Waals surface area contributed by atoms with Crippen LogP contribution in [0.1, 0.15) is 18.1 Å². The first kappa shape index (κ1) is 17.1. The summed E-state index contributed by atoms with van der Waals surface area (Å²) in [5.41, 5.74) is 0.569. The third kappa shape index (κ3) is 3.37. The fourth-order valence-corrected chi connectivity index (χ4v) is 4.88. The minimum absolute atomic E-state index is 0.0620. The molecule has 8 nitrogen and oxygen atoms in total. The van der Waals surface area contributed by atoms with Crippen LogP contribution < -0.4 is 4.74 Å². The highest BCUT2D eigenvalue weighted by Crippen LogP contribution is 2.63. The highest BCUT2D eigenvalue weighted by Gasteiger charge is 2.50. The first-order chi connectivity index (χ1) is 11.5. The molecule has 0 N–H and O–H groups in total. The van der Waals surface area contributed by atoms with Gasteiger partial charge < -0.3 is 4.74 Å². The van der Waals surface area contributed by atoms with Crippen LogP contribution in [0.15, 0.2) is 30.9 Å². The van der Waals surface area contributed by atoms with E-state index in [1.165, 1.54) is 19.2 Å². The van der Waals surface area contributed by atoms with Gasteiger partial charge in [0, 0.05) is 37.8 Å². The maximum atomic E-state index is 13.2. The molecule has 2 saturated heterocycles. The van der Waals surface area contributed by atoms with Gasteiger partial charge in [-0.15, -0.1) is 6.58 Å². The van der Waals surface area contributed by atoms with Gasteiger partial charge in [-0.05, 0) is 12.5 Å². The SMILES string of the molecule is C=CCC(OP(=O)(N1CC1)N1CC1)c1ccc([N+](=O)[O-])cc1OC. The molecule has 1 aromatic rings. The summed E-state index contributed by atoms with van der Waals surface area (Å²) < 4.78 is 28.2. The van der Waals surface area contributed by atoms with E-state index in [0.717, 1.165) is 26.2 Å². The Bertz CT molecular complexity index is 686. The van der Waals surface area contributed by atoms with Crippen molar-refractivity contribution in [3.8, 4) is 5.75 Å². The van der Waals surface area contributed by atoms with Crippen LogP contribution in [0.4, 0.5) is 5.69 Å². The number of rotatable bonds is 9. The fraction of sp³-hybridized carbons (Fsp3) is 0.467. The molecule has 9 heteroatoms. The van der Waals surface area contributed by atoms with Gasteiger partial charge in [0.1, 0.15) is 5.75 Å². The molecule has 2 heterocycles. The van der Waals surface area contributed by atoms with E-state index >= 15 is 0 Å². The number of nitro benzene ring substituents is 1. The van der Waals surface area contributed by atoms with Crippen LogP contribution in [0.2, 0.25) is 0 Å². The highest BCUT2D eigenvalue weighted by molar-refractivity contribution is 7.54. The quantitative estimate of drug-likeness (QED) is 0.222. The summed E-state index contributed by atoms with van der Waals surface area (Å²) in [7, 11) is -1.58. The average molecular weight is 353 g/mol. The number of nitrogens with zero attached hydrogens (tertiary/aromatic N) is 3. The van der Waals surface area contributed by atoms with Crippen molar-refractivity contribution >= 4 is 13.4 Å². The summed E-state index contributed by atoms with van der Waals surface area (Å²) in [6.07, 6.45) is 1.57. The van der Waals surface area contributed by atoms with Crippen molar-refractivity contribution in [2.75, 3.05) is 33.3 Å². The van der Waals surface area contributed by atoms with Crippen LogP contribution in [0, 0.1) is 10.1 Å². The zero-order valence-electron chi connectivity index (χ0n) is 13.5. The molecule has 0 aliphatic carbocycles. The normalized spacial score (nSPS) is 18.9. The van der Waals surface area contributed by atoms with Gasteiger partial charge >= 0.3 is 7.67 Å². The number of hydrogen-bond acceptors (Lipinski definition) is 5. The third-order valence-corrected chi connectivity index (χ3v) is 6.74. The van der Waals surface area contributed by atoms with E-state index in [2.05, 4.69) is 6.58 Å². The topological polar surface area (TPSA) is 84.7 Å². The molecule has 24 heavy (non-hydrogen) atoms. The van der Waals surface area contributed by atoms with Crippen molar-refractivity contribution in [2.45, 2.75) is 12.5 Å². The fourth-order valence-electron chi connectivity index (χ4n) is 2.53. The lowest BCUT2D eigenvalue weighted by molar-refractivity contribution is -0.384. The Balaban J connectivity index is 1.91. The lowest BCUT2D eigenvalue weighted by Gasteiger charge is -2.26. The van der Waals surface area contributed by atoms with Crippen LogP contribution in [0.25, 0.3) is 0 Å². The van der Waals surface area contributed by atoms with Crippen LogP contribution in [-0.2, 0) is 9.09 Å². The number of hydrogen-bond donors (Lipinski definition) is 0. The Morgan fingerprint density at radius 3 is 2.46 bits per heavy atom. The smallest absolute Gasteiger partial charge is 0.346 e. The van der Waals surface area contributed by atoms with Crippen molar-refractivity contribution in [3.05, 3.63) is 46.5 Å². The van der Waals surface area contributed by atoms with E-state index in [9.17, 15) is 14.7 Å². The summed E-state index contributed by atoms with van der Waals surface area (Å²) in [6, 6.07) is 4.35. The van der Waals surface area contributed by atoms with E-state index in [4.69, 9.17) is 9.26 Å². The molecule has 2 aliphatic heterocycles. The summed E-state index contributed by atoms with van der Waals surface area (Å²) in [5.74, 6) is 0.346. The van der Waals surface area contributed by atoms with Gasteiger partial charge in [-0.2, -0.15) is 0 Å². The molecule has 0 bridgehead atoms. The Hall–Kier alpha value is -1.73. The Morgan fingerprint density at radius 1 is 1.38 bits per heavy atom. The van der Waals surface area contributed by atoms with Crippen LogP contribution in [0.3, 0.4) is 0 Å². The second-order valence-electron chi connectivity index (χ2n) is 5.70. The van der Waals surface area contributed by atoms with Gasteiger partial charge in [-0.3, -0.25) is 19.2 Å². The maximum Gasteiger partial charge on any atom is 0.346 e. The van der Waals surface area contributed by atoms with E-state index in [1.54, 1.807) is 12.1 Å². The summed E-state index contributed by atoms with van der Waals surface area (Å²) in [6.45, 7) is 6.76. The van der Waals surface area contributed by atoms with Crippen LogP contribution in [0.5, 0.6) is 5.75 Å². The minimum Gasteiger partial charge on any atom is -0.496 e. The second-order valence-corrected chi connectivity index (χ2v) is 8.02. The summed E-state index contributed by atoms with van der Waals surface area (Å²) in [5, 5.41) is 10.9. The van der Waals surface area contributed by atoms with Gasteiger partial charge in [0.05, 0.1) is 24.2 Å². The van der Waals surface area contributed by atoms with Crippen molar-refractivity contribution in [2.24, 2.45) is 0 Å². The predicted molar refractivity (Wildman–Crippen MR) is 89.0 cm³/mol. The van der Waals surface area contributed by atoms with Crippen LogP contribution >= 0.6 is 7.67 Å². The number of non-ortho nitro benzene ring substituents is 1. The largest absolute Gasteiger partial charge is 0.496 e. The monoisotopic (exact) mass is 353 g/mol. The van der Waals surface area contributed by atoms with Gasteiger partial charge in [0.2, 0.25) is 0 Å². The van der Waals surface area contributed by atoms with Gasteiger partial charge in [-0.1, -0.05) is 6.08 Å². The van der Waals surface area contributed by atoms with E-state index in [-0.39, 0.29) is 5.69 Å². The van der Waals surface area contributed by atoms with E-state index < -0.39 is 18.7 Å². The zero-order valence-corrected chi connectivity index (χ0v) is 14.4. The molecule has 1 unspecified atom stereocenters. The summed E-state index contributed by atoms with van der Waals surface area (Å²) >= 11 is 0. The van der Waals surface area contributed by atoms with Gasteiger partial charge in [0.15, 0.2) is 0 Å². The molecule has 0 aromatic heterocycles. The molecule has 0 radical (unpaired) electrons. The Kier molecular flexibility index (Phi) is 4.73. The number of methoxy groups -OCH3 is 1. The molecule has 0 amide bonds. The Morgan fingerprint density at radius 2 is 2.00 bits per heavy atom. The highest BCUT2D eigenvalue weighted by atomic mass is 31.2. The Labute approximate surface area is 140 Å². The zero-order chi connectivity index (χ0) is 17.3. The lowest BCUT2D eigenvalue weighted by Crippen LogP contribution is -2.13. The first-order valence-corrected chi connectivity index (χ1v) is 9.25. The third-order valence-electron chi connectivity index (χ3n) is 3.98. The van der Waals surface area contributed by atoms with Crippen molar-refractivity contribution < 1.29 is 18.7 Å². The lowest BCUT2D eigenvalue weighted by atomic mass is 10.0. The van der Waals surface area contributed by atoms with Crippen molar-refractivity contribution in [1.29, 1.82) is 0 Å².